The van der Waals surface area contributed by atoms with Crippen molar-refractivity contribution in [3.63, 3.8) is 0 Å². The summed E-state index contributed by atoms with van der Waals surface area (Å²) in [7, 11) is 0. The van der Waals surface area contributed by atoms with E-state index in [0.717, 1.165) is 31.0 Å². The van der Waals surface area contributed by atoms with Gasteiger partial charge in [0.25, 0.3) is 0 Å². The topological polar surface area (TPSA) is 49.8 Å². The average Bonchev–Trinajstić information content (AvgIpc) is 2.29. The predicted molar refractivity (Wildman–Crippen MR) is 68.7 cm³/mol. The third-order valence-electron chi connectivity index (χ3n) is 3.50. The fourth-order valence-electron chi connectivity index (χ4n) is 2.29. The minimum absolute atomic E-state index is 0.302. The third-order valence-corrected chi connectivity index (χ3v) is 3.50. The summed E-state index contributed by atoms with van der Waals surface area (Å²) in [5, 5.41) is 7.05. The van der Waals surface area contributed by atoms with E-state index in [-0.39, 0.29) is 0 Å². The standard InChI is InChI=1S/C13H22N4/c1-10-6-16-11(7-15-10)8-17-12-4-5-14-9-13(12,2)3/h6-7,12,14,17H,4-5,8-9H2,1-3H3. The minimum Gasteiger partial charge on any atom is -0.316 e. The van der Waals surface area contributed by atoms with Crippen LogP contribution in [0.2, 0.25) is 0 Å². The molecular formula is C13H22N4. The second kappa shape index (κ2) is 5.10. The van der Waals surface area contributed by atoms with Gasteiger partial charge in [-0.15, -0.1) is 0 Å². The lowest BCUT2D eigenvalue weighted by Gasteiger charge is -2.39. The maximum Gasteiger partial charge on any atom is 0.0724 e. The third kappa shape index (κ3) is 3.23. The molecule has 2 rings (SSSR count). The van der Waals surface area contributed by atoms with Gasteiger partial charge in [-0.05, 0) is 25.3 Å². The molecule has 94 valence electrons. The Bertz CT molecular complexity index is 358. The van der Waals surface area contributed by atoms with Gasteiger partial charge in [-0.25, -0.2) is 0 Å². The molecule has 0 amide bonds. The van der Waals surface area contributed by atoms with Crippen LogP contribution in [-0.4, -0.2) is 29.1 Å². The van der Waals surface area contributed by atoms with Crippen molar-refractivity contribution in [1.29, 1.82) is 0 Å². The van der Waals surface area contributed by atoms with Crippen molar-refractivity contribution in [1.82, 2.24) is 20.6 Å². The Morgan fingerprint density at radius 3 is 2.88 bits per heavy atom. The van der Waals surface area contributed by atoms with Crippen molar-refractivity contribution in [2.75, 3.05) is 13.1 Å². The average molecular weight is 234 g/mol. The molecule has 0 aliphatic carbocycles. The van der Waals surface area contributed by atoms with Crippen LogP contribution in [0.4, 0.5) is 0 Å². The van der Waals surface area contributed by atoms with Crippen molar-refractivity contribution in [2.24, 2.45) is 5.41 Å². The highest BCUT2D eigenvalue weighted by Gasteiger charge is 2.31. The van der Waals surface area contributed by atoms with Crippen LogP contribution in [0.3, 0.4) is 0 Å². The second-order valence-corrected chi connectivity index (χ2v) is 5.54. The molecule has 4 nitrogen and oxygen atoms in total. The van der Waals surface area contributed by atoms with Crippen LogP contribution >= 0.6 is 0 Å². The van der Waals surface area contributed by atoms with E-state index >= 15 is 0 Å². The number of rotatable bonds is 3. The molecule has 1 atom stereocenters. The summed E-state index contributed by atoms with van der Waals surface area (Å²) in [6.45, 7) is 9.54. The maximum absolute atomic E-state index is 4.37. The Morgan fingerprint density at radius 1 is 1.41 bits per heavy atom. The van der Waals surface area contributed by atoms with Crippen molar-refractivity contribution in [3.8, 4) is 0 Å². The highest BCUT2D eigenvalue weighted by Crippen LogP contribution is 2.25. The van der Waals surface area contributed by atoms with Gasteiger partial charge in [-0.2, -0.15) is 0 Å². The molecule has 0 aromatic carbocycles. The number of hydrogen-bond acceptors (Lipinski definition) is 4. The number of aromatic nitrogens is 2. The molecule has 0 bridgehead atoms. The summed E-state index contributed by atoms with van der Waals surface area (Å²) >= 11 is 0. The first-order valence-electron chi connectivity index (χ1n) is 6.29. The van der Waals surface area contributed by atoms with E-state index in [0.29, 0.717) is 11.5 Å². The van der Waals surface area contributed by atoms with E-state index < -0.39 is 0 Å². The number of aryl methyl sites for hydroxylation is 1. The van der Waals surface area contributed by atoms with Crippen LogP contribution in [0.15, 0.2) is 12.4 Å². The first kappa shape index (κ1) is 12.5. The zero-order valence-corrected chi connectivity index (χ0v) is 11.0. The fourth-order valence-corrected chi connectivity index (χ4v) is 2.29. The molecule has 1 unspecified atom stereocenters. The molecular weight excluding hydrogens is 212 g/mol. The molecule has 0 radical (unpaired) electrons. The second-order valence-electron chi connectivity index (χ2n) is 5.54. The molecule has 2 N–H and O–H groups in total. The predicted octanol–water partition coefficient (Wildman–Crippen LogP) is 1.26. The Kier molecular flexibility index (Phi) is 3.74. The van der Waals surface area contributed by atoms with Gasteiger partial charge < -0.3 is 10.6 Å². The summed E-state index contributed by atoms with van der Waals surface area (Å²) < 4.78 is 0. The first-order valence-corrected chi connectivity index (χ1v) is 6.29. The quantitative estimate of drug-likeness (QED) is 0.827. The smallest absolute Gasteiger partial charge is 0.0724 e. The lowest BCUT2D eigenvalue weighted by Crippen LogP contribution is -2.52. The van der Waals surface area contributed by atoms with Crippen LogP contribution in [0.1, 0.15) is 31.7 Å². The zero-order valence-electron chi connectivity index (χ0n) is 11.0. The summed E-state index contributed by atoms with van der Waals surface area (Å²) in [5.74, 6) is 0. The minimum atomic E-state index is 0.302. The van der Waals surface area contributed by atoms with Crippen LogP contribution < -0.4 is 10.6 Å². The van der Waals surface area contributed by atoms with Crippen LogP contribution in [0.25, 0.3) is 0 Å². The van der Waals surface area contributed by atoms with E-state index in [1.54, 1.807) is 0 Å². The summed E-state index contributed by atoms with van der Waals surface area (Å²) in [5.41, 5.74) is 2.29. The number of nitrogens with zero attached hydrogens (tertiary/aromatic N) is 2. The monoisotopic (exact) mass is 234 g/mol. The van der Waals surface area contributed by atoms with E-state index in [1.807, 2.05) is 19.3 Å². The Balaban J connectivity index is 1.91. The highest BCUT2D eigenvalue weighted by atomic mass is 15.0. The van der Waals surface area contributed by atoms with Crippen molar-refractivity contribution in [3.05, 3.63) is 23.8 Å². The number of hydrogen-bond donors (Lipinski definition) is 2. The zero-order chi connectivity index (χ0) is 12.3. The highest BCUT2D eigenvalue weighted by molar-refractivity contribution is 5.01. The molecule has 1 aliphatic heterocycles. The molecule has 0 saturated carbocycles. The van der Waals surface area contributed by atoms with Gasteiger partial charge in [0.1, 0.15) is 0 Å². The molecule has 1 aromatic heterocycles. The van der Waals surface area contributed by atoms with Crippen molar-refractivity contribution in [2.45, 2.75) is 39.8 Å². The molecule has 0 spiro atoms. The van der Waals surface area contributed by atoms with E-state index in [4.69, 9.17) is 0 Å². The summed E-state index contributed by atoms with van der Waals surface area (Å²) in [6.07, 6.45) is 4.85. The van der Waals surface area contributed by atoms with E-state index in [1.165, 1.54) is 6.42 Å². The number of piperidine rings is 1. The van der Waals surface area contributed by atoms with Gasteiger partial charge in [0.2, 0.25) is 0 Å². The largest absolute Gasteiger partial charge is 0.316 e. The Morgan fingerprint density at radius 2 is 2.24 bits per heavy atom. The Labute approximate surface area is 103 Å². The van der Waals surface area contributed by atoms with Gasteiger partial charge >= 0.3 is 0 Å². The first-order chi connectivity index (χ1) is 8.08. The molecule has 1 aromatic rings. The molecule has 17 heavy (non-hydrogen) atoms. The van der Waals surface area contributed by atoms with Crippen molar-refractivity contribution >= 4 is 0 Å². The lowest BCUT2D eigenvalue weighted by atomic mass is 9.80. The molecule has 2 heterocycles. The van der Waals surface area contributed by atoms with Gasteiger partial charge in [0, 0.05) is 31.5 Å². The van der Waals surface area contributed by atoms with Crippen LogP contribution in [0.5, 0.6) is 0 Å². The van der Waals surface area contributed by atoms with Gasteiger partial charge in [0.05, 0.1) is 11.4 Å². The summed E-state index contributed by atoms with van der Waals surface area (Å²) in [6, 6.07) is 0.548. The molecule has 1 saturated heterocycles. The Hall–Kier alpha value is -1.00. The molecule has 1 fully saturated rings. The molecule has 4 heteroatoms. The van der Waals surface area contributed by atoms with Gasteiger partial charge in [0.15, 0.2) is 0 Å². The van der Waals surface area contributed by atoms with Gasteiger partial charge in [-0.1, -0.05) is 13.8 Å². The van der Waals surface area contributed by atoms with Crippen molar-refractivity contribution < 1.29 is 0 Å². The normalized spacial score (nSPS) is 23.6. The van der Waals surface area contributed by atoms with Crippen LogP contribution in [-0.2, 0) is 6.54 Å². The summed E-state index contributed by atoms with van der Waals surface area (Å²) in [4.78, 5) is 8.63. The number of nitrogens with one attached hydrogen (secondary N) is 2. The van der Waals surface area contributed by atoms with Gasteiger partial charge in [-0.3, -0.25) is 9.97 Å². The molecule has 1 aliphatic rings. The SMILES string of the molecule is Cc1cnc(CNC2CCNCC2(C)C)cn1. The van der Waals surface area contributed by atoms with E-state index in [2.05, 4.69) is 34.4 Å². The maximum atomic E-state index is 4.37. The van der Waals surface area contributed by atoms with Crippen LogP contribution in [0, 0.1) is 12.3 Å². The van der Waals surface area contributed by atoms with E-state index in [9.17, 15) is 0 Å². The lowest BCUT2D eigenvalue weighted by molar-refractivity contribution is 0.183. The fraction of sp³-hybridized carbons (Fsp3) is 0.692.